The maximum absolute atomic E-state index is 12.7. The summed E-state index contributed by atoms with van der Waals surface area (Å²) in [5.74, 6) is -1.38. The summed E-state index contributed by atoms with van der Waals surface area (Å²) in [6.07, 6.45) is 1.32. The van der Waals surface area contributed by atoms with Crippen LogP contribution in [-0.2, 0) is 14.8 Å². The average molecular weight is 434 g/mol. The molecule has 150 valence electrons. The van der Waals surface area contributed by atoms with Gasteiger partial charge in [0.2, 0.25) is 11.3 Å². The van der Waals surface area contributed by atoms with Gasteiger partial charge in [-0.2, -0.15) is 0 Å². The van der Waals surface area contributed by atoms with Gasteiger partial charge in [-0.3, -0.25) is 14.4 Å². The highest BCUT2D eigenvalue weighted by Gasteiger charge is 2.17. The molecule has 0 aliphatic carbocycles. The zero-order valence-electron chi connectivity index (χ0n) is 15.4. The molecular formula is C19H16ClN3O5S. The summed E-state index contributed by atoms with van der Waals surface area (Å²) in [7, 11) is -3.98. The van der Waals surface area contributed by atoms with Gasteiger partial charge in [-0.1, -0.05) is 11.6 Å². The molecule has 0 fully saturated rings. The number of hydrogen-bond acceptors (Lipinski definition) is 5. The molecule has 0 radical (unpaired) electrons. The summed E-state index contributed by atoms with van der Waals surface area (Å²) in [6, 6.07) is 8.35. The number of fused-ring (bicyclic) bond motifs is 1. The Hall–Kier alpha value is -3.17. The van der Waals surface area contributed by atoms with Gasteiger partial charge in [0.05, 0.1) is 10.4 Å². The number of amides is 2. The van der Waals surface area contributed by atoms with E-state index in [1.165, 1.54) is 36.5 Å². The highest BCUT2D eigenvalue weighted by Crippen LogP contribution is 2.20. The molecule has 2 aromatic carbocycles. The molecule has 3 aromatic rings. The molecule has 3 N–H and O–H groups in total. The van der Waals surface area contributed by atoms with Crippen molar-refractivity contribution < 1.29 is 18.0 Å². The fourth-order valence-electron chi connectivity index (χ4n) is 2.80. The number of aryl methyl sites for hydroxylation is 1. The summed E-state index contributed by atoms with van der Waals surface area (Å²) in [4.78, 5) is 39.0. The standard InChI is InChI=1S/C19H16ClN3O5S/c1-10-7-12(20)8-15-17(10)21-9-16(18(15)25)19(26)22-13-3-5-14(6-4-13)29(27,28)23-11(2)24/h3-9H,1-2H3,(H,21,25)(H,22,26)(H,23,24). The van der Waals surface area contributed by atoms with Crippen LogP contribution in [0.2, 0.25) is 5.02 Å². The van der Waals surface area contributed by atoms with E-state index in [0.717, 1.165) is 12.5 Å². The highest BCUT2D eigenvalue weighted by atomic mass is 35.5. The highest BCUT2D eigenvalue weighted by molar-refractivity contribution is 7.90. The van der Waals surface area contributed by atoms with Gasteiger partial charge in [-0.25, -0.2) is 13.1 Å². The van der Waals surface area contributed by atoms with Gasteiger partial charge >= 0.3 is 0 Å². The smallest absolute Gasteiger partial charge is 0.264 e. The van der Waals surface area contributed by atoms with Gasteiger partial charge < -0.3 is 10.3 Å². The Bertz CT molecular complexity index is 1300. The molecular weight excluding hydrogens is 418 g/mol. The number of H-pyrrole nitrogens is 1. The molecule has 0 unspecified atom stereocenters. The molecule has 2 amide bonds. The fourth-order valence-corrected chi connectivity index (χ4v) is 4.06. The number of rotatable bonds is 4. The van der Waals surface area contributed by atoms with Crippen LogP contribution in [0.4, 0.5) is 5.69 Å². The lowest BCUT2D eigenvalue weighted by atomic mass is 10.1. The summed E-state index contributed by atoms with van der Waals surface area (Å²) in [5, 5.41) is 3.21. The normalized spacial score (nSPS) is 11.3. The molecule has 0 atom stereocenters. The summed E-state index contributed by atoms with van der Waals surface area (Å²) < 4.78 is 25.7. The second kappa shape index (κ2) is 7.69. The number of anilines is 1. The van der Waals surface area contributed by atoms with Crippen molar-refractivity contribution in [1.82, 2.24) is 9.71 Å². The van der Waals surface area contributed by atoms with Gasteiger partial charge in [0.25, 0.3) is 15.9 Å². The first-order valence-corrected chi connectivity index (χ1v) is 10.2. The van der Waals surface area contributed by atoms with Crippen LogP contribution in [0.15, 0.2) is 52.3 Å². The number of halogens is 1. The van der Waals surface area contributed by atoms with E-state index in [1.807, 2.05) is 4.72 Å². The van der Waals surface area contributed by atoms with Crippen molar-refractivity contribution in [2.24, 2.45) is 0 Å². The maximum Gasteiger partial charge on any atom is 0.264 e. The van der Waals surface area contributed by atoms with Crippen molar-refractivity contribution in [3.63, 3.8) is 0 Å². The third-order valence-electron chi connectivity index (χ3n) is 4.10. The monoisotopic (exact) mass is 433 g/mol. The maximum atomic E-state index is 12.7. The Morgan fingerprint density at radius 2 is 1.76 bits per heavy atom. The fraction of sp³-hybridized carbons (Fsp3) is 0.105. The van der Waals surface area contributed by atoms with Gasteiger partial charge in [0.15, 0.2) is 0 Å². The summed E-state index contributed by atoms with van der Waals surface area (Å²) in [6.45, 7) is 2.88. The molecule has 10 heteroatoms. The minimum atomic E-state index is -3.98. The molecule has 3 rings (SSSR count). The largest absolute Gasteiger partial charge is 0.360 e. The first-order valence-electron chi connectivity index (χ1n) is 8.35. The van der Waals surface area contributed by atoms with Crippen molar-refractivity contribution in [3.8, 4) is 0 Å². The lowest BCUT2D eigenvalue weighted by molar-refractivity contribution is -0.117. The lowest BCUT2D eigenvalue weighted by Crippen LogP contribution is -2.28. The van der Waals surface area contributed by atoms with Crippen LogP contribution in [0.5, 0.6) is 0 Å². The second-order valence-corrected chi connectivity index (χ2v) is 8.44. The van der Waals surface area contributed by atoms with Crippen molar-refractivity contribution >= 4 is 50.0 Å². The number of nitrogens with one attached hydrogen (secondary N) is 3. The molecule has 1 aromatic heterocycles. The number of hydrogen-bond donors (Lipinski definition) is 3. The van der Waals surface area contributed by atoms with Gasteiger partial charge in [-0.15, -0.1) is 0 Å². The topological polar surface area (TPSA) is 125 Å². The number of benzene rings is 2. The first-order chi connectivity index (χ1) is 13.6. The zero-order valence-corrected chi connectivity index (χ0v) is 16.9. The Labute approximate surface area is 170 Å². The van der Waals surface area contributed by atoms with E-state index in [2.05, 4.69) is 10.3 Å². The van der Waals surface area contributed by atoms with E-state index in [0.29, 0.717) is 15.9 Å². The van der Waals surface area contributed by atoms with Gasteiger partial charge in [0.1, 0.15) is 5.56 Å². The van der Waals surface area contributed by atoms with Crippen LogP contribution in [-0.4, -0.2) is 25.2 Å². The minimum Gasteiger partial charge on any atom is -0.360 e. The first kappa shape index (κ1) is 20.6. The Balaban J connectivity index is 1.88. The molecule has 0 bridgehead atoms. The van der Waals surface area contributed by atoms with Crippen molar-refractivity contribution in [3.05, 3.63) is 69.0 Å². The van der Waals surface area contributed by atoms with E-state index < -0.39 is 27.3 Å². The lowest BCUT2D eigenvalue weighted by Gasteiger charge is -2.09. The van der Waals surface area contributed by atoms with E-state index in [9.17, 15) is 22.8 Å². The molecule has 0 aliphatic heterocycles. The number of sulfonamides is 1. The Morgan fingerprint density at radius 1 is 1.10 bits per heavy atom. The number of carbonyl (C=O) groups excluding carboxylic acids is 2. The molecule has 29 heavy (non-hydrogen) atoms. The minimum absolute atomic E-state index is 0.117. The van der Waals surface area contributed by atoms with Crippen LogP contribution in [0.25, 0.3) is 10.9 Å². The predicted molar refractivity (Wildman–Crippen MR) is 110 cm³/mol. The van der Waals surface area contributed by atoms with Crippen molar-refractivity contribution in [1.29, 1.82) is 0 Å². The summed E-state index contributed by atoms with van der Waals surface area (Å²) >= 11 is 6.01. The second-order valence-electron chi connectivity index (χ2n) is 6.32. The van der Waals surface area contributed by atoms with E-state index in [1.54, 1.807) is 13.0 Å². The number of pyridine rings is 1. The van der Waals surface area contributed by atoms with Crippen molar-refractivity contribution in [2.45, 2.75) is 18.7 Å². The third-order valence-corrected chi connectivity index (χ3v) is 5.76. The number of aromatic nitrogens is 1. The van der Waals surface area contributed by atoms with Crippen molar-refractivity contribution in [2.75, 3.05) is 5.32 Å². The van der Waals surface area contributed by atoms with E-state index in [-0.39, 0.29) is 16.1 Å². The number of carbonyl (C=O) groups is 2. The summed E-state index contributed by atoms with van der Waals surface area (Å²) in [5.41, 5.74) is 1.04. The third kappa shape index (κ3) is 4.30. The van der Waals surface area contributed by atoms with Crippen LogP contribution in [0.1, 0.15) is 22.8 Å². The Kier molecular flexibility index (Phi) is 5.45. The molecule has 0 aliphatic rings. The van der Waals surface area contributed by atoms with Gasteiger partial charge in [0, 0.05) is 29.2 Å². The van der Waals surface area contributed by atoms with E-state index in [4.69, 9.17) is 11.6 Å². The van der Waals surface area contributed by atoms with Crippen LogP contribution in [0, 0.1) is 6.92 Å². The number of aromatic amines is 1. The average Bonchev–Trinajstić information content (AvgIpc) is 2.62. The quantitative estimate of drug-likeness (QED) is 0.583. The van der Waals surface area contributed by atoms with Gasteiger partial charge in [-0.05, 0) is 48.9 Å². The molecule has 0 saturated carbocycles. The van der Waals surface area contributed by atoms with E-state index >= 15 is 0 Å². The van der Waals surface area contributed by atoms with Crippen LogP contribution in [0.3, 0.4) is 0 Å². The predicted octanol–water partition coefficient (Wildman–Crippen LogP) is 2.57. The molecule has 1 heterocycles. The molecule has 0 spiro atoms. The SMILES string of the molecule is CC(=O)NS(=O)(=O)c1ccc(NC(=O)c2c[nH]c3c(C)cc(Cl)cc3c2=O)cc1. The zero-order chi connectivity index (χ0) is 21.3. The van der Waals surface area contributed by atoms with Crippen LogP contribution >= 0.6 is 11.6 Å². The Morgan fingerprint density at radius 3 is 2.38 bits per heavy atom. The molecule has 8 nitrogen and oxygen atoms in total. The van der Waals surface area contributed by atoms with Crippen LogP contribution < -0.4 is 15.5 Å². The molecule has 0 saturated heterocycles.